The van der Waals surface area contributed by atoms with Crippen LogP contribution in [0.1, 0.15) is 20.8 Å². The third kappa shape index (κ3) is 4.58. The first-order valence-electron chi connectivity index (χ1n) is 5.42. The topological polar surface area (TPSA) is 49.6 Å². The number of hydrogen-bond donors (Lipinski definition) is 1. The van der Waals surface area contributed by atoms with Crippen molar-refractivity contribution in [2.75, 3.05) is 39.3 Å². The predicted molar refractivity (Wildman–Crippen MR) is 59.1 cm³/mol. The molecule has 0 aromatic heterocycles. The highest BCUT2D eigenvalue weighted by molar-refractivity contribution is 5.73. The maximum Gasteiger partial charge on any atom is 0.219 e. The van der Waals surface area contributed by atoms with Crippen molar-refractivity contribution in [2.24, 2.45) is 5.73 Å². The Bertz CT molecular complexity index is 153. The molecule has 0 saturated carbocycles. The fourth-order valence-corrected chi connectivity index (χ4v) is 1.47. The van der Waals surface area contributed by atoms with Crippen LogP contribution in [0.5, 0.6) is 0 Å². The van der Waals surface area contributed by atoms with Gasteiger partial charge in [-0.1, -0.05) is 13.8 Å². The van der Waals surface area contributed by atoms with E-state index in [1.54, 1.807) is 6.92 Å². The predicted octanol–water partition coefficient (Wildman–Crippen LogP) is 0.135. The van der Waals surface area contributed by atoms with Crippen LogP contribution in [0.3, 0.4) is 0 Å². The molecule has 0 radical (unpaired) electrons. The molecule has 84 valence electrons. The number of carbonyl (C=O) groups excluding carboxylic acids is 1. The second kappa shape index (κ2) is 7.76. The third-order valence-electron chi connectivity index (χ3n) is 2.26. The highest BCUT2D eigenvalue weighted by atomic mass is 16.2. The van der Waals surface area contributed by atoms with Gasteiger partial charge in [0.2, 0.25) is 5.91 Å². The maximum atomic E-state index is 10.9. The molecule has 4 heteroatoms. The number of carbonyl (C=O) groups is 1. The third-order valence-corrected chi connectivity index (χ3v) is 2.26. The zero-order valence-corrected chi connectivity index (χ0v) is 9.62. The molecule has 0 spiro atoms. The van der Waals surface area contributed by atoms with E-state index in [1.807, 2.05) is 18.7 Å². The first kappa shape index (κ1) is 13.4. The summed E-state index contributed by atoms with van der Waals surface area (Å²) in [5.74, 6) is 0.183. The summed E-state index contributed by atoms with van der Waals surface area (Å²) in [5, 5.41) is 0. The molecule has 1 heterocycles. The van der Waals surface area contributed by atoms with E-state index in [0.717, 1.165) is 32.7 Å². The summed E-state index contributed by atoms with van der Waals surface area (Å²) < 4.78 is 0. The summed E-state index contributed by atoms with van der Waals surface area (Å²) in [4.78, 5) is 15.1. The normalized spacial score (nSPS) is 17.3. The van der Waals surface area contributed by atoms with Gasteiger partial charge in [0.05, 0.1) is 0 Å². The largest absolute Gasteiger partial charge is 0.340 e. The number of rotatable bonds is 2. The van der Waals surface area contributed by atoms with Crippen molar-refractivity contribution in [3.05, 3.63) is 0 Å². The molecule has 1 fully saturated rings. The number of nitrogens with two attached hydrogens (primary N) is 1. The second-order valence-corrected chi connectivity index (χ2v) is 3.14. The lowest BCUT2D eigenvalue weighted by atomic mass is 10.3. The van der Waals surface area contributed by atoms with Crippen LogP contribution >= 0.6 is 0 Å². The summed E-state index contributed by atoms with van der Waals surface area (Å²) in [7, 11) is 0. The second-order valence-electron chi connectivity index (χ2n) is 3.14. The number of amides is 1. The molecule has 0 bridgehead atoms. The minimum atomic E-state index is 0.183. The molecule has 0 aromatic carbocycles. The molecule has 4 nitrogen and oxygen atoms in total. The monoisotopic (exact) mass is 201 g/mol. The average Bonchev–Trinajstić information content (AvgIpc) is 2.22. The van der Waals surface area contributed by atoms with Gasteiger partial charge in [-0.3, -0.25) is 9.69 Å². The van der Waals surface area contributed by atoms with Crippen molar-refractivity contribution in [1.29, 1.82) is 0 Å². The van der Waals surface area contributed by atoms with E-state index in [-0.39, 0.29) is 5.91 Å². The van der Waals surface area contributed by atoms with E-state index in [1.165, 1.54) is 0 Å². The van der Waals surface area contributed by atoms with Gasteiger partial charge in [0.1, 0.15) is 0 Å². The fourth-order valence-electron chi connectivity index (χ4n) is 1.47. The lowest BCUT2D eigenvalue weighted by Crippen LogP contribution is -2.49. The van der Waals surface area contributed by atoms with Crippen molar-refractivity contribution in [2.45, 2.75) is 20.8 Å². The van der Waals surface area contributed by atoms with Crippen LogP contribution in [-0.2, 0) is 4.79 Å². The van der Waals surface area contributed by atoms with E-state index < -0.39 is 0 Å². The fraction of sp³-hybridized carbons (Fsp3) is 0.900. The highest BCUT2D eigenvalue weighted by Crippen LogP contribution is 2.00. The summed E-state index contributed by atoms with van der Waals surface area (Å²) in [6.45, 7) is 10.9. The van der Waals surface area contributed by atoms with Gasteiger partial charge in [-0.05, 0) is 0 Å². The van der Waals surface area contributed by atoms with Crippen LogP contribution in [-0.4, -0.2) is 55.0 Å². The molecule has 1 aliphatic heterocycles. The highest BCUT2D eigenvalue weighted by Gasteiger charge is 2.17. The van der Waals surface area contributed by atoms with Crippen LogP contribution in [0.2, 0.25) is 0 Å². The Balaban J connectivity index is 0.000000791. The van der Waals surface area contributed by atoms with Crippen molar-refractivity contribution >= 4 is 5.91 Å². The summed E-state index contributed by atoms with van der Waals surface area (Å²) in [6, 6.07) is 0. The van der Waals surface area contributed by atoms with Crippen LogP contribution in [0, 0.1) is 0 Å². The lowest BCUT2D eigenvalue weighted by Gasteiger charge is -2.33. The van der Waals surface area contributed by atoms with Gasteiger partial charge in [0, 0.05) is 46.2 Å². The van der Waals surface area contributed by atoms with Crippen molar-refractivity contribution in [3.8, 4) is 0 Å². The van der Waals surface area contributed by atoms with Crippen molar-refractivity contribution in [1.82, 2.24) is 9.80 Å². The molecule has 0 aliphatic carbocycles. The summed E-state index contributed by atoms with van der Waals surface area (Å²) in [5.41, 5.74) is 5.43. The molecule has 0 unspecified atom stereocenters. The zero-order chi connectivity index (χ0) is 11.0. The Labute approximate surface area is 87.0 Å². The Morgan fingerprint density at radius 3 is 2.07 bits per heavy atom. The molecule has 1 saturated heterocycles. The van der Waals surface area contributed by atoms with E-state index in [9.17, 15) is 4.79 Å². The SMILES string of the molecule is CC.CC(=O)N1CCN(CCN)CC1. The van der Waals surface area contributed by atoms with Crippen LogP contribution in [0.15, 0.2) is 0 Å². The smallest absolute Gasteiger partial charge is 0.219 e. The molecule has 1 aliphatic rings. The Morgan fingerprint density at radius 1 is 1.21 bits per heavy atom. The Kier molecular flexibility index (Phi) is 7.42. The van der Waals surface area contributed by atoms with Crippen LogP contribution in [0.25, 0.3) is 0 Å². The lowest BCUT2D eigenvalue weighted by molar-refractivity contribution is -0.130. The van der Waals surface area contributed by atoms with E-state index in [2.05, 4.69) is 4.90 Å². The quantitative estimate of drug-likeness (QED) is 0.691. The van der Waals surface area contributed by atoms with Crippen molar-refractivity contribution in [3.63, 3.8) is 0 Å². The first-order chi connectivity index (χ1) is 6.74. The molecule has 0 aromatic rings. The van der Waals surface area contributed by atoms with Gasteiger partial charge in [0.15, 0.2) is 0 Å². The van der Waals surface area contributed by atoms with Gasteiger partial charge in [-0.25, -0.2) is 0 Å². The van der Waals surface area contributed by atoms with E-state index in [0.29, 0.717) is 6.54 Å². The number of hydrogen-bond acceptors (Lipinski definition) is 3. The number of nitrogens with zero attached hydrogens (tertiary/aromatic N) is 2. The molecule has 1 amide bonds. The first-order valence-corrected chi connectivity index (χ1v) is 5.42. The standard InChI is InChI=1S/C8H17N3O.C2H6/c1-8(12)11-6-4-10(3-2-9)5-7-11;1-2/h2-7,9H2,1H3;1-2H3. The minimum absolute atomic E-state index is 0.183. The molecule has 0 atom stereocenters. The minimum Gasteiger partial charge on any atom is -0.340 e. The van der Waals surface area contributed by atoms with Gasteiger partial charge in [-0.15, -0.1) is 0 Å². The summed E-state index contributed by atoms with van der Waals surface area (Å²) >= 11 is 0. The van der Waals surface area contributed by atoms with Crippen LogP contribution in [0.4, 0.5) is 0 Å². The maximum absolute atomic E-state index is 10.9. The van der Waals surface area contributed by atoms with Gasteiger partial charge < -0.3 is 10.6 Å². The zero-order valence-electron chi connectivity index (χ0n) is 9.62. The molecular weight excluding hydrogens is 178 g/mol. The molecular formula is C10H23N3O. The molecule has 2 N–H and O–H groups in total. The van der Waals surface area contributed by atoms with Crippen LogP contribution < -0.4 is 5.73 Å². The Morgan fingerprint density at radius 2 is 1.71 bits per heavy atom. The van der Waals surface area contributed by atoms with Gasteiger partial charge in [0.25, 0.3) is 0 Å². The van der Waals surface area contributed by atoms with Gasteiger partial charge in [-0.2, -0.15) is 0 Å². The molecule has 14 heavy (non-hydrogen) atoms. The van der Waals surface area contributed by atoms with E-state index in [4.69, 9.17) is 5.73 Å². The average molecular weight is 201 g/mol. The molecule has 1 rings (SSSR count). The summed E-state index contributed by atoms with van der Waals surface area (Å²) in [6.07, 6.45) is 0. The van der Waals surface area contributed by atoms with E-state index >= 15 is 0 Å². The van der Waals surface area contributed by atoms with Gasteiger partial charge >= 0.3 is 0 Å². The number of piperazine rings is 1. The Hall–Kier alpha value is -0.610. The van der Waals surface area contributed by atoms with Crippen molar-refractivity contribution < 1.29 is 4.79 Å².